The van der Waals surface area contributed by atoms with Gasteiger partial charge in [0.15, 0.2) is 0 Å². The van der Waals surface area contributed by atoms with Crippen LogP contribution in [0.4, 0.5) is 0 Å². The Morgan fingerprint density at radius 1 is 1.30 bits per heavy atom. The van der Waals surface area contributed by atoms with Gasteiger partial charge in [-0.2, -0.15) is 0 Å². The van der Waals surface area contributed by atoms with Gasteiger partial charge in [0.25, 0.3) is 0 Å². The van der Waals surface area contributed by atoms with Gasteiger partial charge >= 0.3 is 11.7 Å². The fourth-order valence-corrected chi connectivity index (χ4v) is 2.12. The summed E-state index contributed by atoms with van der Waals surface area (Å²) in [6.07, 6.45) is 3.41. The molecule has 2 aromatic heterocycles. The van der Waals surface area contributed by atoms with Gasteiger partial charge in [-0.1, -0.05) is 6.07 Å². The number of carboxylic acid groups (broad SMARTS) is 1. The minimum Gasteiger partial charge on any atom is -0.475 e. The van der Waals surface area contributed by atoms with Crippen molar-refractivity contribution in [1.82, 2.24) is 9.13 Å². The third-order valence-corrected chi connectivity index (χ3v) is 3.16. The molecule has 0 bridgehead atoms. The summed E-state index contributed by atoms with van der Waals surface area (Å²) in [6.45, 7) is 0.434. The maximum Gasteiger partial charge on any atom is 0.371 e. The molecule has 6 nitrogen and oxygen atoms in total. The van der Waals surface area contributed by atoms with Crippen LogP contribution in [0.25, 0.3) is 11.0 Å². The molecule has 3 aromatic rings. The van der Waals surface area contributed by atoms with Gasteiger partial charge in [-0.3, -0.25) is 4.57 Å². The Morgan fingerprint density at radius 2 is 2.10 bits per heavy atom. The van der Waals surface area contributed by atoms with Crippen LogP contribution in [0.5, 0.6) is 0 Å². The molecule has 1 aromatic carbocycles. The number of rotatable bonds is 3. The molecule has 0 fully saturated rings. The van der Waals surface area contributed by atoms with Gasteiger partial charge < -0.3 is 14.1 Å². The Labute approximate surface area is 113 Å². The van der Waals surface area contributed by atoms with E-state index in [1.165, 1.54) is 10.6 Å². The normalized spacial score (nSPS) is 11.1. The highest BCUT2D eigenvalue weighted by Gasteiger charge is 2.11. The van der Waals surface area contributed by atoms with Gasteiger partial charge in [0.1, 0.15) is 5.58 Å². The second-order valence-corrected chi connectivity index (χ2v) is 4.61. The number of aromatic carboxylic acids is 1. The molecule has 0 saturated heterocycles. The smallest absolute Gasteiger partial charge is 0.371 e. The van der Waals surface area contributed by atoms with Gasteiger partial charge in [0.05, 0.1) is 6.54 Å². The van der Waals surface area contributed by atoms with Crippen LogP contribution in [-0.2, 0) is 13.6 Å². The van der Waals surface area contributed by atoms with Gasteiger partial charge in [0.2, 0.25) is 5.76 Å². The quantitative estimate of drug-likeness (QED) is 0.787. The summed E-state index contributed by atoms with van der Waals surface area (Å²) in [7, 11) is 1.69. The lowest BCUT2D eigenvalue weighted by molar-refractivity contribution is 0.0665. The lowest BCUT2D eigenvalue weighted by Crippen LogP contribution is -2.22. The van der Waals surface area contributed by atoms with E-state index in [9.17, 15) is 9.59 Å². The number of aromatic nitrogens is 2. The maximum absolute atomic E-state index is 11.8. The molecule has 102 valence electrons. The number of fused-ring (bicyclic) bond motifs is 1. The molecule has 0 unspecified atom stereocenters. The minimum absolute atomic E-state index is 0.0889. The Bertz CT molecular complexity index is 854. The molecule has 20 heavy (non-hydrogen) atoms. The molecule has 6 heteroatoms. The number of furan rings is 1. The minimum atomic E-state index is -1.10. The van der Waals surface area contributed by atoms with E-state index < -0.39 is 5.97 Å². The highest BCUT2D eigenvalue weighted by molar-refractivity contribution is 5.91. The monoisotopic (exact) mass is 272 g/mol. The molecule has 3 rings (SSSR count). The molecule has 0 aliphatic rings. The van der Waals surface area contributed by atoms with E-state index in [0.29, 0.717) is 17.5 Å². The average Bonchev–Trinajstić information content (AvgIpc) is 2.97. The average molecular weight is 272 g/mol. The van der Waals surface area contributed by atoms with E-state index in [2.05, 4.69) is 0 Å². The van der Waals surface area contributed by atoms with Gasteiger partial charge in [0, 0.05) is 24.8 Å². The lowest BCUT2D eigenvalue weighted by atomic mass is 10.1. The van der Waals surface area contributed by atoms with Crippen LogP contribution in [0.3, 0.4) is 0 Å². The van der Waals surface area contributed by atoms with Crippen molar-refractivity contribution < 1.29 is 14.3 Å². The molecule has 0 aliphatic carbocycles. The number of hydrogen-bond acceptors (Lipinski definition) is 3. The topological polar surface area (TPSA) is 77.4 Å². The predicted molar refractivity (Wildman–Crippen MR) is 71.9 cm³/mol. The van der Waals surface area contributed by atoms with Crippen molar-refractivity contribution in [2.24, 2.45) is 7.05 Å². The van der Waals surface area contributed by atoms with Gasteiger partial charge in [-0.25, -0.2) is 9.59 Å². The van der Waals surface area contributed by atoms with Crippen molar-refractivity contribution in [2.75, 3.05) is 0 Å². The van der Waals surface area contributed by atoms with Crippen molar-refractivity contribution in [2.45, 2.75) is 6.54 Å². The second kappa shape index (κ2) is 4.41. The second-order valence-electron chi connectivity index (χ2n) is 4.61. The summed E-state index contributed by atoms with van der Waals surface area (Å²) in [4.78, 5) is 22.6. The summed E-state index contributed by atoms with van der Waals surface area (Å²) in [5.74, 6) is -1.18. The van der Waals surface area contributed by atoms with E-state index in [1.54, 1.807) is 30.1 Å². The van der Waals surface area contributed by atoms with Crippen molar-refractivity contribution in [3.8, 4) is 0 Å². The first-order valence-electron chi connectivity index (χ1n) is 6.02. The van der Waals surface area contributed by atoms with Gasteiger partial charge in [-0.05, 0) is 23.8 Å². The van der Waals surface area contributed by atoms with Crippen molar-refractivity contribution in [1.29, 1.82) is 0 Å². The number of aryl methyl sites for hydroxylation is 1. The van der Waals surface area contributed by atoms with E-state index in [0.717, 1.165) is 5.56 Å². The summed E-state index contributed by atoms with van der Waals surface area (Å²) in [6, 6.07) is 6.83. The largest absolute Gasteiger partial charge is 0.475 e. The number of carboxylic acids is 1. The lowest BCUT2D eigenvalue weighted by Gasteiger charge is -2.01. The fraction of sp³-hybridized carbons (Fsp3) is 0.143. The summed E-state index contributed by atoms with van der Waals surface area (Å²) < 4.78 is 8.27. The summed E-state index contributed by atoms with van der Waals surface area (Å²) >= 11 is 0. The fourth-order valence-electron chi connectivity index (χ4n) is 2.12. The molecular weight excluding hydrogens is 260 g/mol. The van der Waals surface area contributed by atoms with Crippen LogP contribution in [0.15, 0.2) is 45.9 Å². The van der Waals surface area contributed by atoms with Crippen LogP contribution in [-0.4, -0.2) is 20.2 Å². The number of carbonyl (C=O) groups is 1. The first-order chi connectivity index (χ1) is 9.54. The van der Waals surface area contributed by atoms with E-state index in [4.69, 9.17) is 9.52 Å². The van der Waals surface area contributed by atoms with E-state index >= 15 is 0 Å². The Hall–Kier alpha value is -2.76. The Morgan fingerprint density at radius 3 is 2.75 bits per heavy atom. The SMILES string of the molecule is Cn1ccn(Cc2ccc3oc(C(=O)O)cc3c2)c1=O. The third-order valence-electron chi connectivity index (χ3n) is 3.16. The number of hydrogen-bond donors (Lipinski definition) is 1. The third kappa shape index (κ3) is 2.01. The standard InChI is InChI=1S/C14H12N2O4/c1-15-4-5-16(14(15)19)8-9-2-3-11-10(6-9)7-12(20-11)13(17)18/h2-7H,8H2,1H3,(H,17,18). The number of imidazole rings is 1. The Kier molecular flexibility index (Phi) is 2.71. The summed E-state index contributed by atoms with van der Waals surface area (Å²) in [5.41, 5.74) is 1.33. The van der Waals surface area contributed by atoms with Crippen LogP contribution in [0, 0.1) is 0 Å². The first kappa shape index (κ1) is 12.3. The van der Waals surface area contributed by atoms with Crippen LogP contribution in [0.2, 0.25) is 0 Å². The Balaban J connectivity index is 1.98. The number of benzene rings is 1. The molecule has 0 spiro atoms. The van der Waals surface area contributed by atoms with Crippen LogP contribution in [0.1, 0.15) is 16.1 Å². The van der Waals surface area contributed by atoms with Gasteiger partial charge in [-0.15, -0.1) is 0 Å². The number of nitrogens with zero attached hydrogens (tertiary/aromatic N) is 2. The van der Waals surface area contributed by atoms with Crippen molar-refractivity contribution in [3.05, 3.63) is 58.5 Å². The molecule has 0 amide bonds. The van der Waals surface area contributed by atoms with E-state index in [-0.39, 0.29) is 11.4 Å². The molecule has 2 heterocycles. The maximum atomic E-state index is 11.8. The molecule has 0 aliphatic heterocycles. The van der Waals surface area contributed by atoms with Crippen LogP contribution >= 0.6 is 0 Å². The highest BCUT2D eigenvalue weighted by Crippen LogP contribution is 2.21. The molecule has 0 saturated carbocycles. The summed E-state index contributed by atoms with van der Waals surface area (Å²) in [5, 5.41) is 9.60. The molecule has 1 N–H and O–H groups in total. The zero-order chi connectivity index (χ0) is 14.3. The zero-order valence-electron chi connectivity index (χ0n) is 10.7. The van der Waals surface area contributed by atoms with Crippen molar-refractivity contribution >= 4 is 16.9 Å². The highest BCUT2D eigenvalue weighted by atomic mass is 16.4. The zero-order valence-corrected chi connectivity index (χ0v) is 10.7. The van der Waals surface area contributed by atoms with Crippen molar-refractivity contribution in [3.63, 3.8) is 0 Å². The van der Waals surface area contributed by atoms with Crippen LogP contribution < -0.4 is 5.69 Å². The molecule has 0 radical (unpaired) electrons. The first-order valence-corrected chi connectivity index (χ1v) is 6.02. The molecule has 0 atom stereocenters. The van der Waals surface area contributed by atoms with E-state index in [1.807, 2.05) is 12.1 Å². The predicted octanol–water partition coefficient (Wildman–Crippen LogP) is 1.68. The molecular formula is C14H12N2O4.